The highest BCUT2D eigenvalue weighted by Gasteiger charge is 2.64. The summed E-state index contributed by atoms with van der Waals surface area (Å²) in [5.41, 5.74) is 4.63. The van der Waals surface area contributed by atoms with E-state index >= 15 is 0 Å². The zero-order valence-electron chi connectivity index (χ0n) is 19.2. The van der Waals surface area contributed by atoms with E-state index < -0.39 is 17.9 Å². The van der Waals surface area contributed by atoms with Crippen molar-refractivity contribution in [3.05, 3.63) is 71.3 Å². The van der Waals surface area contributed by atoms with Crippen LogP contribution < -0.4 is 4.90 Å². The van der Waals surface area contributed by atoms with E-state index in [9.17, 15) is 14.4 Å². The molecule has 4 atom stereocenters. The SMILES string of the molecule is COCCCN1C(=O)[C@@H]2[C@H](C1=O)[C@@H](C(=O)c1ccc(C)cc1)N1c3ccccc3C(C)=C[C@H]21. The predicted molar refractivity (Wildman–Crippen MR) is 126 cm³/mol. The number of methoxy groups -OCH3 is 1. The molecule has 2 saturated heterocycles. The Hall–Kier alpha value is -3.25. The molecule has 3 aliphatic rings. The molecule has 0 N–H and O–H groups in total. The summed E-state index contributed by atoms with van der Waals surface area (Å²) in [4.78, 5) is 44.4. The zero-order valence-corrected chi connectivity index (χ0v) is 19.2. The van der Waals surface area contributed by atoms with Crippen molar-refractivity contribution in [2.24, 2.45) is 11.8 Å². The number of anilines is 1. The Labute approximate surface area is 193 Å². The molecule has 2 aromatic carbocycles. The molecule has 2 amide bonds. The number of carbonyl (C=O) groups excluding carboxylic acids is 3. The number of allylic oxidation sites excluding steroid dienone is 1. The number of hydrogen-bond acceptors (Lipinski definition) is 5. The molecule has 6 heteroatoms. The molecule has 2 fully saturated rings. The normalized spacial score (nSPS) is 25.6. The average Bonchev–Trinajstić information content (AvgIpc) is 3.28. The summed E-state index contributed by atoms with van der Waals surface area (Å²) in [5, 5.41) is 0. The molecule has 170 valence electrons. The number of para-hydroxylation sites is 1. The Kier molecular flexibility index (Phi) is 5.41. The van der Waals surface area contributed by atoms with E-state index in [2.05, 4.69) is 6.08 Å². The number of nitrogens with zero attached hydrogens (tertiary/aromatic N) is 2. The van der Waals surface area contributed by atoms with Crippen molar-refractivity contribution >= 4 is 28.9 Å². The van der Waals surface area contributed by atoms with Gasteiger partial charge in [-0.15, -0.1) is 0 Å². The maximum Gasteiger partial charge on any atom is 0.235 e. The van der Waals surface area contributed by atoms with E-state index in [-0.39, 0.29) is 23.6 Å². The van der Waals surface area contributed by atoms with Crippen LogP contribution in [0.1, 0.15) is 34.8 Å². The lowest BCUT2D eigenvalue weighted by atomic mass is 9.85. The Morgan fingerprint density at radius 1 is 0.970 bits per heavy atom. The van der Waals surface area contributed by atoms with Crippen LogP contribution in [0, 0.1) is 18.8 Å². The first-order chi connectivity index (χ1) is 15.9. The minimum atomic E-state index is -0.725. The molecule has 0 saturated carbocycles. The monoisotopic (exact) mass is 444 g/mol. The van der Waals surface area contributed by atoms with Crippen LogP contribution in [-0.4, -0.2) is 54.8 Å². The lowest BCUT2D eigenvalue weighted by Crippen LogP contribution is -2.49. The molecule has 3 aliphatic heterocycles. The number of aryl methyl sites for hydroxylation is 1. The first-order valence-corrected chi connectivity index (χ1v) is 11.4. The lowest BCUT2D eigenvalue weighted by molar-refractivity contribution is -0.140. The number of fused-ring (bicyclic) bond motifs is 5. The minimum Gasteiger partial charge on any atom is -0.385 e. The van der Waals surface area contributed by atoms with Gasteiger partial charge in [0.05, 0.1) is 17.9 Å². The fourth-order valence-corrected chi connectivity index (χ4v) is 5.64. The summed E-state index contributed by atoms with van der Waals surface area (Å²) in [5.74, 6) is -1.81. The fraction of sp³-hybridized carbons (Fsp3) is 0.370. The predicted octanol–water partition coefficient (Wildman–Crippen LogP) is 3.49. The van der Waals surface area contributed by atoms with Gasteiger partial charge in [-0.25, -0.2) is 0 Å². The molecular formula is C27H28N2O4. The van der Waals surface area contributed by atoms with Crippen LogP contribution in [0.2, 0.25) is 0 Å². The van der Waals surface area contributed by atoms with Gasteiger partial charge in [0.2, 0.25) is 11.8 Å². The maximum atomic E-state index is 13.9. The first kappa shape index (κ1) is 21.6. The number of rotatable bonds is 6. The summed E-state index contributed by atoms with van der Waals surface area (Å²) in [6, 6.07) is 14.3. The number of likely N-dealkylation sites (tertiary alicyclic amines) is 1. The van der Waals surface area contributed by atoms with Crippen LogP contribution in [0.3, 0.4) is 0 Å². The van der Waals surface area contributed by atoms with Gasteiger partial charge in [-0.2, -0.15) is 0 Å². The minimum absolute atomic E-state index is 0.116. The summed E-state index contributed by atoms with van der Waals surface area (Å²) < 4.78 is 5.11. The highest BCUT2D eigenvalue weighted by molar-refractivity contribution is 6.14. The number of ketones is 1. The van der Waals surface area contributed by atoms with Crippen LogP contribution in [-0.2, 0) is 14.3 Å². The highest BCUT2D eigenvalue weighted by Crippen LogP contribution is 2.50. The van der Waals surface area contributed by atoms with E-state index in [0.717, 1.165) is 22.4 Å². The lowest BCUT2D eigenvalue weighted by Gasteiger charge is -2.38. The van der Waals surface area contributed by atoms with Crippen LogP contribution in [0.5, 0.6) is 0 Å². The second kappa shape index (κ2) is 8.27. The van der Waals surface area contributed by atoms with Gasteiger partial charge < -0.3 is 9.64 Å². The maximum absolute atomic E-state index is 13.9. The Balaban J connectivity index is 1.61. The van der Waals surface area contributed by atoms with Crippen molar-refractivity contribution in [2.75, 3.05) is 25.2 Å². The second-order valence-electron chi connectivity index (χ2n) is 9.17. The summed E-state index contributed by atoms with van der Waals surface area (Å²) in [6.45, 7) is 4.79. The van der Waals surface area contributed by atoms with Crippen molar-refractivity contribution in [1.29, 1.82) is 0 Å². The third-order valence-corrected chi connectivity index (χ3v) is 7.18. The Morgan fingerprint density at radius 2 is 1.67 bits per heavy atom. The number of hydrogen-bond donors (Lipinski definition) is 0. The number of Topliss-reactive ketones (excluding diaryl/α,β-unsaturated/α-hetero) is 1. The molecular weight excluding hydrogens is 416 g/mol. The van der Waals surface area contributed by atoms with Crippen molar-refractivity contribution < 1.29 is 19.1 Å². The second-order valence-corrected chi connectivity index (χ2v) is 9.17. The fourth-order valence-electron chi connectivity index (χ4n) is 5.64. The van der Waals surface area contributed by atoms with Crippen molar-refractivity contribution in [3.8, 4) is 0 Å². The Bertz CT molecular complexity index is 1150. The van der Waals surface area contributed by atoms with E-state index in [1.54, 1.807) is 7.11 Å². The standard InChI is InChI=1S/C27H28N2O4/c1-16-9-11-18(12-10-16)25(30)24-23-22(26(31)28(27(23)32)13-6-14-33-3)21-15-17(2)19-7-4-5-8-20(19)29(21)24/h4-5,7-12,15,21-24H,6,13-14H2,1-3H3/t21-,22+,23+,24+/m1/s1. The van der Waals surface area contributed by atoms with Crippen molar-refractivity contribution in [1.82, 2.24) is 4.90 Å². The van der Waals surface area contributed by atoms with Crippen LogP contribution in [0.15, 0.2) is 54.6 Å². The summed E-state index contributed by atoms with van der Waals surface area (Å²) >= 11 is 0. The van der Waals surface area contributed by atoms with Crippen LogP contribution in [0.4, 0.5) is 5.69 Å². The summed E-state index contributed by atoms with van der Waals surface area (Å²) in [7, 11) is 1.60. The smallest absolute Gasteiger partial charge is 0.235 e. The zero-order chi connectivity index (χ0) is 23.3. The molecule has 0 bridgehead atoms. The number of imide groups is 1. The number of benzene rings is 2. The van der Waals surface area contributed by atoms with E-state index in [4.69, 9.17) is 4.74 Å². The molecule has 0 aliphatic carbocycles. The van der Waals surface area contributed by atoms with Crippen LogP contribution >= 0.6 is 0 Å². The molecule has 0 spiro atoms. The quantitative estimate of drug-likeness (QED) is 0.388. The summed E-state index contributed by atoms with van der Waals surface area (Å²) in [6.07, 6.45) is 2.64. The number of carbonyl (C=O) groups is 3. The van der Waals surface area contributed by atoms with Gasteiger partial charge in [-0.3, -0.25) is 19.3 Å². The van der Waals surface area contributed by atoms with Gasteiger partial charge in [0.1, 0.15) is 6.04 Å². The largest absolute Gasteiger partial charge is 0.385 e. The third-order valence-electron chi connectivity index (χ3n) is 7.18. The molecule has 3 heterocycles. The molecule has 2 aromatic rings. The van der Waals surface area contributed by atoms with E-state index in [1.165, 1.54) is 4.90 Å². The highest BCUT2D eigenvalue weighted by atomic mass is 16.5. The van der Waals surface area contributed by atoms with Crippen molar-refractivity contribution in [3.63, 3.8) is 0 Å². The van der Waals surface area contributed by atoms with Gasteiger partial charge >= 0.3 is 0 Å². The number of amides is 2. The van der Waals surface area contributed by atoms with Gasteiger partial charge in [0, 0.05) is 37.1 Å². The average molecular weight is 445 g/mol. The molecule has 33 heavy (non-hydrogen) atoms. The topological polar surface area (TPSA) is 66.9 Å². The van der Waals surface area contributed by atoms with Gasteiger partial charge in [0.25, 0.3) is 0 Å². The van der Waals surface area contributed by atoms with E-state index in [0.29, 0.717) is 25.1 Å². The van der Waals surface area contributed by atoms with Gasteiger partial charge in [0.15, 0.2) is 5.78 Å². The number of ether oxygens (including phenoxy) is 1. The van der Waals surface area contributed by atoms with Gasteiger partial charge in [-0.1, -0.05) is 54.1 Å². The van der Waals surface area contributed by atoms with Crippen molar-refractivity contribution in [2.45, 2.75) is 32.4 Å². The Morgan fingerprint density at radius 3 is 2.39 bits per heavy atom. The molecule has 5 rings (SSSR count). The third kappa shape index (κ3) is 3.32. The molecule has 0 unspecified atom stereocenters. The molecule has 0 radical (unpaired) electrons. The molecule has 6 nitrogen and oxygen atoms in total. The first-order valence-electron chi connectivity index (χ1n) is 11.4. The van der Waals surface area contributed by atoms with Crippen LogP contribution in [0.25, 0.3) is 5.57 Å². The van der Waals surface area contributed by atoms with E-state index in [1.807, 2.05) is 67.3 Å². The van der Waals surface area contributed by atoms with Gasteiger partial charge in [-0.05, 0) is 31.9 Å². The molecule has 0 aromatic heterocycles.